The van der Waals surface area contributed by atoms with Gasteiger partial charge < -0.3 is 0 Å². The molecular formula is C14H21ClN2. The molecule has 1 fully saturated rings. The summed E-state index contributed by atoms with van der Waals surface area (Å²) in [6, 6.07) is 8.87. The summed E-state index contributed by atoms with van der Waals surface area (Å²) in [5, 5.41) is 0.818. The third-order valence-electron chi connectivity index (χ3n) is 3.46. The largest absolute Gasteiger partial charge is 0.298 e. The highest BCUT2D eigenvalue weighted by Gasteiger charge is 2.18. The molecule has 0 aliphatic carbocycles. The first-order valence-electron chi connectivity index (χ1n) is 6.36. The summed E-state index contributed by atoms with van der Waals surface area (Å²) in [5.74, 6) is 0. The van der Waals surface area contributed by atoms with Gasteiger partial charge in [-0.05, 0) is 31.5 Å². The third kappa shape index (κ3) is 3.70. The van der Waals surface area contributed by atoms with E-state index < -0.39 is 0 Å². The topological polar surface area (TPSA) is 6.48 Å². The van der Waals surface area contributed by atoms with E-state index >= 15 is 0 Å². The summed E-state index contributed by atoms with van der Waals surface area (Å²) in [6.45, 7) is 10.3. The van der Waals surface area contributed by atoms with Crippen molar-refractivity contribution in [1.82, 2.24) is 9.80 Å². The van der Waals surface area contributed by atoms with E-state index in [9.17, 15) is 0 Å². The van der Waals surface area contributed by atoms with Crippen LogP contribution in [0.5, 0.6) is 0 Å². The van der Waals surface area contributed by atoms with Crippen molar-refractivity contribution in [3.63, 3.8) is 0 Å². The molecule has 0 unspecified atom stereocenters. The van der Waals surface area contributed by atoms with Crippen LogP contribution in [0.4, 0.5) is 0 Å². The summed E-state index contributed by atoms with van der Waals surface area (Å²) >= 11 is 5.89. The Bertz CT molecular complexity index is 340. The van der Waals surface area contributed by atoms with E-state index in [0.29, 0.717) is 6.04 Å². The first-order chi connectivity index (χ1) is 8.15. The number of piperazine rings is 1. The maximum absolute atomic E-state index is 5.89. The molecular weight excluding hydrogens is 232 g/mol. The summed E-state index contributed by atoms with van der Waals surface area (Å²) < 4.78 is 0. The van der Waals surface area contributed by atoms with Crippen LogP contribution in [0.1, 0.15) is 19.4 Å². The molecule has 0 saturated carbocycles. The lowest BCUT2D eigenvalue weighted by atomic mass is 10.2. The minimum absolute atomic E-state index is 0.674. The zero-order valence-corrected chi connectivity index (χ0v) is 11.5. The standard InChI is InChI=1S/C14H21ClN2/c1-12(2)17-9-7-16(8-10-17)11-13-3-5-14(15)6-4-13/h3-6,12H,7-11H2,1-2H3. The number of nitrogens with zero attached hydrogens (tertiary/aromatic N) is 2. The first-order valence-corrected chi connectivity index (χ1v) is 6.74. The average molecular weight is 253 g/mol. The fourth-order valence-corrected chi connectivity index (χ4v) is 2.41. The Kier molecular flexibility index (Phi) is 4.43. The highest BCUT2D eigenvalue weighted by molar-refractivity contribution is 6.30. The molecule has 0 N–H and O–H groups in total. The SMILES string of the molecule is CC(C)N1CCN(Cc2ccc(Cl)cc2)CC1. The lowest BCUT2D eigenvalue weighted by Crippen LogP contribution is -2.48. The van der Waals surface area contributed by atoms with Crippen LogP contribution in [0, 0.1) is 0 Å². The number of hydrogen-bond donors (Lipinski definition) is 0. The molecule has 0 amide bonds. The molecule has 1 heterocycles. The molecule has 0 bridgehead atoms. The molecule has 1 aromatic rings. The Labute approximate surface area is 109 Å². The maximum atomic E-state index is 5.89. The van der Waals surface area contributed by atoms with Crippen molar-refractivity contribution in [3.05, 3.63) is 34.9 Å². The molecule has 3 heteroatoms. The highest BCUT2D eigenvalue weighted by Crippen LogP contribution is 2.13. The van der Waals surface area contributed by atoms with Gasteiger partial charge in [-0.1, -0.05) is 23.7 Å². The predicted octanol–water partition coefficient (Wildman–Crippen LogP) is 2.87. The van der Waals surface area contributed by atoms with Gasteiger partial charge in [0.1, 0.15) is 0 Å². The van der Waals surface area contributed by atoms with E-state index in [1.807, 2.05) is 12.1 Å². The van der Waals surface area contributed by atoms with E-state index in [-0.39, 0.29) is 0 Å². The minimum atomic E-state index is 0.674. The fraction of sp³-hybridized carbons (Fsp3) is 0.571. The Morgan fingerprint density at radius 1 is 1.06 bits per heavy atom. The molecule has 2 rings (SSSR count). The second-order valence-corrected chi connectivity index (χ2v) is 5.47. The summed E-state index contributed by atoms with van der Waals surface area (Å²) in [6.07, 6.45) is 0. The smallest absolute Gasteiger partial charge is 0.0406 e. The van der Waals surface area contributed by atoms with E-state index in [4.69, 9.17) is 11.6 Å². The molecule has 0 radical (unpaired) electrons. The number of benzene rings is 1. The lowest BCUT2D eigenvalue weighted by Gasteiger charge is -2.36. The molecule has 1 aromatic carbocycles. The van der Waals surface area contributed by atoms with Gasteiger partial charge in [0.25, 0.3) is 0 Å². The van der Waals surface area contributed by atoms with Crippen molar-refractivity contribution in [2.45, 2.75) is 26.4 Å². The zero-order chi connectivity index (χ0) is 12.3. The quantitative estimate of drug-likeness (QED) is 0.816. The van der Waals surface area contributed by atoms with E-state index in [1.165, 1.54) is 31.7 Å². The van der Waals surface area contributed by atoms with Crippen LogP contribution in [0.3, 0.4) is 0 Å². The third-order valence-corrected chi connectivity index (χ3v) is 3.71. The zero-order valence-electron chi connectivity index (χ0n) is 10.7. The number of rotatable bonds is 3. The van der Waals surface area contributed by atoms with Gasteiger partial charge in [-0.15, -0.1) is 0 Å². The van der Waals surface area contributed by atoms with Crippen molar-refractivity contribution in [3.8, 4) is 0 Å². The van der Waals surface area contributed by atoms with Crippen molar-refractivity contribution in [2.75, 3.05) is 26.2 Å². The minimum Gasteiger partial charge on any atom is -0.298 e. The van der Waals surface area contributed by atoms with Crippen molar-refractivity contribution >= 4 is 11.6 Å². The number of halogens is 1. The van der Waals surface area contributed by atoms with Crippen molar-refractivity contribution in [1.29, 1.82) is 0 Å². The molecule has 1 saturated heterocycles. The molecule has 17 heavy (non-hydrogen) atoms. The predicted molar refractivity (Wildman–Crippen MR) is 73.4 cm³/mol. The van der Waals surface area contributed by atoms with E-state index in [1.54, 1.807) is 0 Å². The summed E-state index contributed by atoms with van der Waals surface area (Å²) in [7, 11) is 0. The molecule has 1 aliphatic heterocycles. The van der Waals surface area contributed by atoms with Gasteiger partial charge in [0.2, 0.25) is 0 Å². The second-order valence-electron chi connectivity index (χ2n) is 5.03. The van der Waals surface area contributed by atoms with Gasteiger partial charge in [-0.3, -0.25) is 9.80 Å². The van der Waals surface area contributed by atoms with Crippen LogP contribution in [0.2, 0.25) is 5.02 Å². The summed E-state index contributed by atoms with van der Waals surface area (Å²) in [5.41, 5.74) is 1.35. The van der Waals surface area contributed by atoms with Gasteiger partial charge in [0, 0.05) is 43.8 Å². The fourth-order valence-electron chi connectivity index (χ4n) is 2.29. The number of hydrogen-bond acceptors (Lipinski definition) is 2. The Hall–Kier alpha value is -0.570. The first kappa shape index (κ1) is 12.9. The van der Waals surface area contributed by atoms with Crippen molar-refractivity contribution in [2.24, 2.45) is 0 Å². The Morgan fingerprint density at radius 3 is 2.18 bits per heavy atom. The monoisotopic (exact) mass is 252 g/mol. The van der Waals surface area contributed by atoms with Crippen LogP contribution in [-0.2, 0) is 6.54 Å². The Balaban J connectivity index is 1.84. The molecule has 0 atom stereocenters. The highest BCUT2D eigenvalue weighted by atomic mass is 35.5. The molecule has 1 aliphatic rings. The van der Waals surface area contributed by atoms with E-state index in [0.717, 1.165) is 11.6 Å². The van der Waals surface area contributed by atoms with Crippen LogP contribution in [0.15, 0.2) is 24.3 Å². The van der Waals surface area contributed by atoms with Gasteiger partial charge in [0.05, 0.1) is 0 Å². The van der Waals surface area contributed by atoms with Gasteiger partial charge in [0.15, 0.2) is 0 Å². The average Bonchev–Trinajstić information content (AvgIpc) is 2.33. The van der Waals surface area contributed by atoms with Crippen LogP contribution in [-0.4, -0.2) is 42.0 Å². The van der Waals surface area contributed by atoms with E-state index in [2.05, 4.69) is 35.8 Å². The van der Waals surface area contributed by atoms with Gasteiger partial charge >= 0.3 is 0 Å². The van der Waals surface area contributed by atoms with Crippen LogP contribution >= 0.6 is 11.6 Å². The van der Waals surface area contributed by atoms with Gasteiger partial charge in [-0.2, -0.15) is 0 Å². The molecule has 2 nitrogen and oxygen atoms in total. The van der Waals surface area contributed by atoms with Crippen molar-refractivity contribution < 1.29 is 0 Å². The normalized spacial score (nSPS) is 18.8. The molecule has 0 aromatic heterocycles. The van der Waals surface area contributed by atoms with Crippen LogP contribution < -0.4 is 0 Å². The molecule has 94 valence electrons. The lowest BCUT2D eigenvalue weighted by molar-refractivity contribution is 0.104. The molecule has 0 spiro atoms. The second kappa shape index (κ2) is 5.85. The Morgan fingerprint density at radius 2 is 1.65 bits per heavy atom. The summed E-state index contributed by atoms with van der Waals surface area (Å²) in [4.78, 5) is 5.06. The van der Waals surface area contributed by atoms with Crippen LogP contribution in [0.25, 0.3) is 0 Å². The maximum Gasteiger partial charge on any atom is 0.0406 e. The van der Waals surface area contributed by atoms with Gasteiger partial charge in [-0.25, -0.2) is 0 Å².